The fourth-order valence-corrected chi connectivity index (χ4v) is 11.0. The number of furan rings is 2. The smallest absolute Gasteiger partial charge is 0.154 e. The summed E-state index contributed by atoms with van der Waals surface area (Å²) < 4.78 is 30.4. The van der Waals surface area contributed by atoms with E-state index >= 15 is 0 Å². The van der Waals surface area contributed by atoms with Crippen LogP contribution in [0.4, 0.5) is 4.39 Å². The molecule has 4 aromatic heterocycles. The first-order chi connectivity index (χ1) is 30.7. The van der Waals surface area contributed by atoms with Crippen LogP contribution < -0.4 is 0 Å². The van der Waals surface area contributed by atoms with Gasteiger partial charge in [-0.3, -0.25) is 19.1 Å². The van der Waals surface area contributed by atoms with Crippen molar-refractivity contribution in [2.75, 3.05) is 0 Å². The highest BCUT2D eigenvalue weighted by molar-refractivity contribution is 6.16. The fraction of sp³-hybridized carbons (Fsp3) is 0.259. The van der Waals surface area contributed by atoms with Gasteiger partial charge < -0.3 is 8.83 Å². The molecule has 0 unspecified atom stereocenters. The molecule has 8 aromatic rings. The Morgan fingerprint density at radius 2 is 1.05 bits per heavy atom. The molecule has 9 heteroatoms. The zero-order valence-electron chi connectivity index (χ0n) is 36.1. The number of aromatic nitrogens is 4. The van der Waals surface area contributed by atoms with Crippen LogP contribution in [-0.2, 0) is 23.9 Å². The minimum atomic E-state index is -0.262. The maximum Gasteiger partial charge on any atom is 0.154 e. The lowest BCUT2D eigenvalue weighted by molar-refractivity contribution is 0.177. The SMILES string of the molecule is CC1CC(C)(c2ccc3c(c2)C(c2ccccc2)=NCc2c(-c4ccco4)ncn2-3)C1.CC1CC(C)(c2ccc3c(c2)C(c2ccccc2F)=NCc2c(-c4ccco4)ncn2-3)C1. The van der Waals surface area contributed by atoms with Crippen LogP contribution >= 0.6 is 0 Å². The molecule has 0 amide bonds. The highest BCUT2D eigenvalue weighted by atomic mass is 19.1. The second-order valence-corrected chi connectivity index (χ2v) is 18.6. The second kappa shape index (κ2) is 15.2. The van der Waals surface area contributed by atoms with E-state index in [2.05, 4.69) is 114 Å². The van der Waals surface area contributed by atoms with Crippen LogP contribution in [0.1, 0.15) is 98.1 Å². The Kier molecular flexibility index (Phi) is 9.40. The molecule has 0 N–H and O–H groups in total. The number of aliphatic imine (C=N–C) groups is 2. The van der Waals surface area contributed by atoms with Crippen molar-refractivity contribution < 1.29 is 13.2 Å². The van der Waals surface area contributed by atoms with Crippen LogP contribution in [0.5, 0.6) is 0 Å². The quantitative estimate of drug-likeness (QED) is 0.167. The van der Waals surface area contributed by atoms with Gasteiger partial charge in [0.15, 0.2) is 11.5 Å². The first kappa shape index (κ1) is 39.0. The summed E-state index contributed by atoms with van der Waals surface area (Å²) in [7, 11) is 0. The van der Waals surface area contributed by atoms with Gasteiger partial charge in [-0.05, 0) is 120 Å². The van der Waals surface area contributed by atoms with Gasteiger partial charge in [-0.2, -0.15) is 0 Å². The van der Waals surface area contributed by atoms with E-state index in [-0.39, 0.29) is 16.6 Å². The van der Waals surface area contributed by atoms with Gasteiger partial charge in [0.1, 0.15) is 29.9 Å². The van der Waals surface area contributed by atoms with Crippen LogP contribution in [0.25, 0.3) is 34.3 Å². The van der Waals surface area contributed by atoms with E-state index in [1.54, 1.807) is 18.6 Å². The van der Waals surface area contributed by atoms with E-state index in [4.69, 9.17) is 18.8 Å². The zero-order chi connectivity index (χ0) is 42.9. The van der Waals surface area contributed by atoms with Gasteiger partial charge >= 0.3 is 0 Å². The highest BCUT2D eigenvalue weighted by Gasteiger charge is 2.41. The van der Waals surface area contributed by atoms with E-state index in [1.165, 1.54) is 35.6 Å². The summed E-state index contributed by atoms with van der Waals surface area (Å²) in [6, 6.07) is 38.5. The Hall–Kier alpha value is -6.87. The molecule has 314 valence electrons. The van der Waals surface area contributed by atoms with Gasteiger partial charge in [0.25, 0.3) is 0 Å². The number of halogens is 1. The molecule has 0 saturated heterocycles. The number of rotatable bonds is 6. The predicted octanol–water partition coefficient (Wildman–Crippen LogP) is 12.5. The van der Waals surface area contributed by atoms with E-state index in [0.717, 1.165) is 81.4 Å². The molecular formula is C54H49FN6O2. The summed E-state index contributed by atoms with van der Waals surface area (Å²) in [5.41, 5.74) is 14.3. The molecule has 2 aliphatic carbocycles. The number of hydrogen-bond donors (Lipinski definition) is 0. The molecular weight excluding hydrogens is 784 g/mol. The number of hydrogen-bond acceptors (Lipinski definition) is 6. The lowest BCUT2D eigenvalue weighted by Gasteiger charge is -2.44. The van der Waals surface area contributed by atoms with Crippen molar-refractivity contribution in [3.8, 4) is 34.3 Å². The van der Waals surface area contributed by atoms with Crippen molar-refractivity contribution in [3.05, 3.63) is 191 Å². The normalized spacial score (nSPS) is 22.0. The van der Waals surface area contributed by atoms with Crippen molar-refractivity contribution in [3.63, 3.8) is 0 Å². The molecule has 4 aromatic carbocycles. The molecule has 0 spiro atoms. The van der Waals surface area contributed by atoms with Gasteiger partial charge in [-0.1, -0.05) is 82.3 Å². The predicted molar refractivity (Wildman–Crippen MR) is 246 cm³/mol. The average molecular weight is 833 g/mol. The maximum atomic E-state index is 14.9. The van der Waals surface area contributed by atoms with Crippen LogP contribution in [0, 0.1) is 17.7 Å². The second-order valence-electron chi connectivity index (χ2n) is 18.6. The van der Waals surface area contributed by atoms with Crippen molar-refractivity contribution in [1.29, 1.82) is 0 Å². The highest BCUT2D eigenvalue weighted by Crippen LogP contribution is 2.49. The first-order valence-corrected chi connectivity index (χ1v) is 22.1. The fourth-order valence-electron chi connectivity index (χ4n) is 11.0. The average Bonchev–Trinajstić information content (AvgIpc) is 4.11. The Bertz CT molecular complexity index is 3030. The van der Waals surface area contributed by atoms with E-state index < -0.39 is 0 Å². The largest absolute Gasteiger partial charge is 0.463 e. The molecule has 2 saturated carbocycles. The molecule has 4 aliphatic rings. The van der Waals surface area contributed by atoms with E-state index in [0.29, 0.717) is 30.1 Å². The van der Waals surface area contributed by atoms with E-state index in [1.807, 2.05) is 49.1 Å². The minimum Gasteiger partial charge on any atom is -0.463 e. The van der Waals surface area contributed by atoms with Gasteiger partial charge in [0.05, 0.1) is 59.8 Å². The van der Waals surface area contributed by atoms with Crippen LogP contribution in [0.15, 0.2) is 159 Å². The molecule has 0 bridgehead atoms. The van der Waals surface area contributed by atoms with E-state index in [9.17, 15) is 4.39 Å². The lowest BCUT2D eigenvalue weighted by Crippen LogP contribution is -2.37. The number of fused-ring (bicyclic) bond motifs is 6. The lowest BCUT2D eigenvalue weighted by atomic mass is 9.60. The Balaban J connectivity index is 0.000000141. The number of imidazole rings is 2. The third kappa shape index (κ3) is 6.72. The van der Waals surface area contributed by atoms with Gasteiger partial charge in [-0.15, -0.1) is 0 Å². The molecule has 63 heavy (non-hydrogen) atoms. The standard InChI is InChI=1S/C27H24FN3O.C27H25N3O/c1-17-13-27(2,14-17)18-9-10-22-20(12-18)25(19-6-3-4-7-21(19)28)29-15-23-26(30-16-31(22)23)24-8-5-11-32-24;1-18-14-27(2,15-18)20-10-11-22-21(13-20)25(19-7-4-3-5-8-19)28-16-23-26(29-17-30(22)23)24-9-6-12-31-24/h3-12,16-17H,13-15H2,1-2H3;3-13,17-18H,14-16H2,1-2H3. The van der Waals surface area contributed by atoms with Crippen molar-refractivity contribution in [2.24, 2.45) is 21.8 Å². The molecule has 0 radical (unpaired) electrons. The third-order valence-electron chi connectivity index (χ3n) is 13.8. The van der Waals surface area contributed by atoms with Crippen LogP contribution in [0.2, 0.25) is 0 Å². The molecule has 2 fully saturated rings. The topological polar surface area (TPSA) is 86.6 Å². The van der Waals surface area contributed by atoms with Crippen molar-refractivity contribution in [2.45, 2.75) is 77.3 Å². The molecule has 6 heterocycles. The van der Waals surface area contributed by atoms with Crippen LogP contribution in [-0.4, -0.2) is 30.5 Å². The number of benzene rings is 4. The summed E-state index contributed by atoms with van der Waals surface area (Å²) >= 11 is 0. The van der Waals surface area contributed by atoms with Crippen LogP contribution in [0.3, 0.4) is 0 Å². The molecule has 0 atom stereocenters. The summed E-state index contributed by atoms with van der Waals surface area (Å²) in [4.78, 5) is 19.4. The molecule has 2 aliphatic heterocycles. The minimum absolute atomic E-state index is 0.151. The number of nitrogens with zero attached hydrogens (tertiary/aromatic N) is 6. The monoisotopic (exact) mass is 832 g/mol. The van der Waals surface area contributed by atoms with Crippen molar-refractivity contribution in [1.82, 2.24) is 19.1 Å². The van der Waals surface area contributed by atoms with Gasteiger partial charge in [0, 0.05) is 22.3 Å². The summed E-state index contributed by atoms with van der Waals surface area (Å²) in [5, 5.41) is 0. The molecule has 8 nitrogen and oxygen atoms in total. The zero-order valence-corrected chi connectivity index (χ0v) is 36.1. The summed E-state index contributed by atoms with van der Waals surface area (Å²) in [5.74, 6) is 2.75. The Morgan fingerprint density at radius 3 is 1.54 bits per heavy atom. The van der Waals surface area contributed by atoms with Crippen molar-refractivity contribution >= 4 is 11.4 Å². The third-order valence-corrected chi connectivity index (χ3v) is 13.8. The molecule has 12 rings (SSSR count). The Morgan fingerprint density at radius 1 is 0.556 bits per heavy atom. The summed E-state index contributed by atoms with van der Waals surface area (Å²) in [6.07, 6.45) is 11.9. The Labute approximate surface area is 366 Å². The maximum absolute atomic E-state index is 14.9. The van der Waals surface area contributed by atoms with Gasteiger partial charge in [-0.25, -0.2) is 14.4 Å². The summed E-state index contributed by atoms with van der Waals surface area (Å²) in [6.45, 7) is 10.3. The first-order valence-electron chi connectivity index (χ1n) is 22.1. The van der Waals surface area contributed by atoms with Gasteiger partial charge in [0.2, 0.25) is 0 Å².